The lowest BCUT2D eigenvalue weighted by Crippen LogP contribution is -2.63. The van der Waals surface area contributed by atoms with Gasteiger partial charge in [-0.25, -0.2) is 9.07 Å². The quantitative estimate of drug-likeness (QED) is 0.441. The summed E-state index contributed by atoms with van der Waals surface area (Å²) in [5.41, 5.74) is 4.20. The largest absolute Gasteiger partial charge is 0.483 e. The number of para-hydroxylation sites is 1. The normalized spacial score (nSPS) is 17.3. The molecule has 1 aromatic heterocycles. The highest BCUT2D eigenvalue weighted by Crippen LogP contribution is 2.56. The summed E-state index contributed by atoms with van der Waals surface area (Å²) in [4.78, 5) is 14.6. The molecular weight excluding hydrogens is 462 g/mol. The molecule has 1 aliphatic heterocycles. The molecule has 0 N–H and O–H groups in total. The predicted octanol–water partition coefficient (Wildman–Crippen LogP) is 5.59. The van der Waals surface area contributed by atoms with Crippen molar-refractivity contribution in [2.24, 2.45) is 5.41 Å². The third kappa shape index (κ3) is 4.51. The van der Waals surface area contributed by atoms with E-state index >= 15 is 0 Å². The van der Waals surface area contributed by atoms with Gasteiger partial charge in [0.1, 0.15) is 11.6 Å². The number of hydrogen-bond acceptors (Lipinski definition) is 3. The lowest BCUT2D eigenvalue weighted by molar-refractivity contribution is -0.153. The minimum atomic E-state index is -4.59. The molecule has 35 heavy (non-hydrogen) atoms. The second kappa shape index (κ2) is 8.39. The van der Waals surface area contributed by atoms with Crippen LogP contribution in [-0.4, -0.2) is 46.5 Å². The molecule has 0 radical (unpaired) electrons. The van der Waals surface area contributed by atoms with Gasteiger partial charge in [0.05, 0.1) is 16.9 Å². The van der Waals surface area contributed by atoms with Crippen LogP contribution in [0.4, 0.5) is 17.6 Å². The van der Waals surface area contributed by atoms with Crippen molar-refractivity contribution in [1.82, 2.24) is 14.7 Å². The van der Waals surface area contributed by atoms with Gasteiger partial charge in [-0.05, 0) is 56.5 Å². The highest BCUT2D eigenvalue weighted by Gasteiger charge is 2.55. The molecule has 3 aromatic rings. The molecule has 0 unspecified atom stereocenters. The SMILES string of the molecule is Cc1cc(C2CC3(C2)CN(C(=O)c2ccc(F)cc2OCC(F)(F)F)C3)n(-c2ccccc2C)n1. The fraction of sp³-hybridized carbons (Fsp3) is 0.385. The zero-order chi connectivity index (χ0) is 25.0. The number of amides is 1. The molecule has 2 aliphatic rings. The van der Waals surface area contributed by atoms with Crippen molar-refractivity contribution in [3.05, 3.63) is 76.9 Å². The maximum absolute atomic E-state index is 13.6. The number of ether oxygens (including phenoxy) is 1. The molecule has 2 heterocycles. The van der Waals surface area contributed by atoms with Gasteiger partial charge in [-0.2, -0.15) is 18.3 Å². The second-order valence-electron chi connectivity index (χ2n) is 9.72. The van der Waals surface area contributed by atoms with Gasteiger partial charge in [0.2, 0.25) is 0 Å². The number of nitrogens with zero attached hydrogens (tertiary/aromatic N) is 3. The molecule has 0 atom stereocenters. The Balaban J connectivity index is 1.26. The maximum Gasteiger partial charge on any atom is 0.422 e. The summed E-state index contributed by atoms with van der Waals surface area (Å²) in [7, 11) is 0. The van der Waals surface area contributed by atoms with Crippen LogP contribution >= 0.6 is 0 Å². The Morgan fingerprint density at radius 1 is 1.11 bits per heavy atom. The highest BCUT2D eigenvalue weighted by molar-refractivity contribution is 5.97. The van der Waals surface area contributed by atoms with Crippen LogP contribution in [0.25, 0.3) is 5.69 Å². The second-order valence-corrected chi connectivity index (χ2v) is 9.72. The number of halogens is 4. The van der Waals surface area contributed by atoms with Crippen molar-refractivity contribution in [2.45, 2.75) is 38.8 Å². The fourth-order valence-corrected chi connectivity index (χ4v) is 5.29. The van der Waals surface area contributed by atoms with E-state index < -0.39 is 30.3 Å². The van der Waals surface area contributed by atoms with Gasteiger partial charge in [-0.1, -0.05) is 18.2 Å². The lowest BCUT2D eigenvalue weighted by atomic mass is 9.57. The Hall–Kier alpha value is -3.36. The highest BCUT2D eigenvalue weighted by atomic mass is 19.4. The molecule has 0 bridgehead atoms. The Kier molecular flexibility index (Phi) is 5.61. The number of alkyl halides is 3. The van der Waals surface area contributed by atoms with Crippen LogP contribution < -0.4 is 4.74 Å². The van der Waals surface area contributed by atoms with Crippen molar-refractivity contribution in [2.75, 3.05) is 19.7 Å². The van der Waals surface area contributed by atoms with E-state index in [-0.39, 0.29) is 11.0 Å². The van der Waals surface area contributed by atoms with Crippen LogP contribution in [0.2, 0.25) is 0 Å². The van der Waals surface area contributed by atoms with E-state index in [4.69, 9.17) is 9.84 Å². The average Bonchev–Trinajstić information content (AvgIpc) is 3.11. The number of likely N-dealkylation sites (tertiary alicyclic amines) is 1. The number of hydrogen-bond donors (Lipinski definition) is 0. The van der Waals surface area contributed by atoms with Crippen molar-refractivity contribution in [3.63, 3.8) is 0 Å². The summed E-state index contributed by atoms with van der Waals surface area (Å²) in [6.07, 6.45) is -2.79. The van der Waals surface area contributed by atoms with Gasteiger partial charge in [0.15, 0.2) is 6.61 Å². The Bertz CT molecular complexity index is 1270. The molecule has 9 heteroatoms. The summed E-state index contributed by atoms with van der Waals surface area (Å²) in [5.74, 6) is -1.29. The first-order valence-electron chi connectivity index (χ1n) is 11.4. The van der Waals surface area contributed by atoms with E-state index in [1.54, 1.807) is 4.90 Å². The minimum absolute atomic E-state index is 0.0118. The van der Waals surface area contributed by atoms with E-state index in [1.165, 1.54) is 6.07 Å². The molecule has 5 nitrogen and oxygen atoms in total. The Labute approximate surface area is 200 Å². The molecule has 2 fully saturated rings. The molecule has 1 aliphatic carbocycles. The zero-order valence-electron chi connectivity index (χ0n) is 19.4. The number of benzene rings is 2. The first kappa shape index (κ1) is 23.4. The monoisotopic (exact) mass is 487 g/mol. The minimum Gasteiger partial charge on any atom is -0.483 e. The van der Waals surface area contributed by atoms with Gasteiger partial charge in [-0.3, -0.25) is 4.79 Å². The van der Waals surface area contributed by atoms with Crippen LogP contribution in [0.3, 0.4) is 0 Å². The van der Waals surface area contributed by atoms with Crippen molar-refractivity contribution < 1.29 is 27.1 Å². The van der Waals surface area contributed by atoms with Crippen LogP contribution in [0, 0.1) is 25.1 Å². The van der Waals surface area contributed by atoms with Crippen LogP contribution in [0.15, 0.2) is 48.5 Å². The van der Waals surface area contributed by atoms with Crippen LogP contribution in [-0.2, 0) is 0 Å². The number of carbonyl (C=O) groups excluding carboxylic acids is 1. The topological polar surface area (TPSA) is 47.4 Å². The van der Waals surface area contributed by atoms with Crippen LogP contribution in [0.1, 0.15) is 46.1 Å². The molecule has 1 saturated carbocycles. The predicted molar refractivity (Wildman–Crippen MR) is 121 cm³/mol. The number of rotatable bonds is 5. The standard InChI is InChI=1S/C26H25F4N3O2/c1-16-5-3-4-6-21(16)33-22(9-17(2)31-33)18-11-25(12-18)13-32(14-25)24(34)20-8-7-19(27)10-23(20)35-15-26(28,29)30/h3-10,18H,11-15H2,1-2H3. The molecule has 5 rings (SSSR count). The zero-order valence-corrected chi connectivity index (χ0v) is 19.4. The van der Waals surface area contributed by atoms with Crippen molar-refractivity contribution >= 4 is 5.91 Å². The van der Waals surface area contributed by atoms with Gasteiger partial charge in [-0.15, -0.1) is 0 Å². The van der Waals surface area contributed by atoms with Gasteiger partial charge < -0.3 is 9.64 Å². The fourth-order valence-electron chi connectivity index (χ4n) is 5.29. The Morgan fingerprint density at radius 2 is 1.83 bits per heavy atom. The van der Waals surface area contributed by atoms with E-state index in [2.05, 4.69) is 19.1 Å². The molecule has 184 valence electrons. The Morgan fingerprint density at radius 3 is 2.51 bits per heavy atom. The maximum atomic E-state index is 13.6. The van der Waals surface area contributed by atoms with E-state index in [1.807, 2.05) is 29.8 Å². The summed E-state index contributed by atoms with van der Waals surface area (Å²) < 4.78 is 58.1. The molecule has 2 aromatic carbocycles. The van der Waals surface area contributed by atoms with E-state index in [0.29, 0.717) is 19.0 Å². The molecule has 1 saturated heterocycles. The third-order valence-electron chi connectivity index (χ3n) is 6.88. The van der Waals surface area contributed by atoms with Crippen LogP contribution in [0.5, 0.6) is 5.75 Å². The third-order valence-corrected chi connectivity index (χ3v) is 6.88. The number of aryl methyl sites for hydroxylation is 2. The number of carbonyl (C=O) groups is 1. The van der Waals surface area contributed by atoms with Gasteiger partial charge in [0, 0.05) is 36.2 Å². The average molecular weight is 487 g/mol. The first-order valence-corrected chi connectivity index (χ1v) is 11.4. The van der Waals surface area contributed by atoms with Gasteiger partial charge >= 0.3 is 6.18 Å². The smallest absolute Gasteiger partial charge is 0.422 e. The van der Waals surface area contributed by atoms with Gasteiger partial charge in [0.25, 0.3) is 5.91 Å². The molecular formula is C26H25F4N3O2. The molecule has 1 spiro atoms. The lowest BCUT2D eigenvalue weighted by Gasteiger charge is -2.59. The summed E-state index contributed by atoms with van der Waals surface area (Å²) in [6, 6.07) is 13.2. The van der Waals surface area contributed by atoms with Crippen molar-refractivity contribution in [3.8, 4) is 11.4 Å². The summed E-state index contributed by atoms with van der Waals surface area (Å²) in [5, 5.41) is 4.70. The summed E-state index contributed by atoms with van der Waals surface area (Å²) >= 11 is 0. The first-order chi connectivity index (χ1) is 16.5. The molecule has 1 amide bonds. The van der Waals surface area contributed by atoms with E-state index in [0.717, 1.165) is 47.6 Å². The van der Waals surface area contributed by atoms with Crippen molar-refractivity contribution in [1.29, 1.82) is 0 Å². The summed E-state index contributed by atoms with van der Waals surface area (Å²) in [6.45, 7) is 3.45. The number of aromatic nitrogens is 2. The van der Waals surface area contributed by atoms with E-state index in [9.17, 15) is 22.4 Å².